The zero-order valence-electron chi connectivity index (χ0n) is 12.8. The van der Waals surface area contributed by atoms with Crippen molar-refractivity contribution in [2.45, 2.75) is 45.4 Å². The van der Waals surface area contributed by atoms with Crippen molar-refractivity contribution in [2.24, 2.45) is 11.3 Å². The van der Waals surface area contributed by atoms with Crippen LogP contribution in [0.15, 0.2) is 24.3 Å². The van der Waals surface area contributed by atoms with E-state index >= 15 is 0 Å². The highest BCUT2D eigenvalue weighted by Gasteiger charge is 2.43. The molecule has 120 valence electrons. The number of aliphatic carboxylic acids is 1. The average Bonchev–Trinajstić information content (AvgIpc) is 2.50. The average molecular weight is 324 g/mol. The zero-order valence-corrected chi connectivity index (χ0v) is 13.5. The summed E-state index contributed by atoms with van der Waals surface area (Å²) < 4.78 is 0. The van der Waals surface area contributed by atoms with Crippen molar-refractivity contribution in [3.8, 4) is 0 Å². The Morgan fingerprint density at radius 1 is 1.23 bits per heavy atom. The molecule has 22 heavy (non-hydrogen) atoms. The fourth-order valence-electron chi connectivity index (χ4n) is 3.21. The number of carbonyl (C=O) groups is 2. The first-order valence-corrected chi connectivity index (χ1v) is 8.08. The number of halogens is 1. The minimum Gasteiger partial charge on any atom is -0.481 e. The molecule has 0 unspecified atom stereocenters. The highest BCUT2D eigenvalue weighted by Crippen LogP contribution is 2.41. The van der Waals surface area contributed by atoms with Crippen LogP contribution in [0.3, 0.4) is 0 Å². The van der Waals surface area contributed by atoms with Crippen LogP contribution in [0.2, 0.25) is 5.02 Å². The third-order valence-electron chi connectivity index (χ3n) is 4.65. The summed E-state index contributed by atoms with van der Waals surface area (Å²) in [6.07, 6.45) is 5.02. The summed E-state index contributed by atoms with van der Waals surface area (Å²) in [4.78, 5) is 24.0. The minimum absolute atomic E-state index is 0.00434. The maximum atomic E-state index is 12.3. The van der Waals surface area contributed by atoms with E-state index in [0.717, 1.165) is 32.1 Å². The summed E-state index contributed by atoms with van der Waals surface area (Å²) in [5.74, 6) is -1.09. The van der Waals surface area contributed by atoms with Crippen molar-refractivity contribution in [1.82, 2.24) is 0 Å². The zero-order chi connectivity index (χ0) is 16.2. The summed E-state index contributed by atoms with van der Waals surface area (Å²) in [7, 11) is 0. The summed E-state index contributed by atoms with van der Waals surface area (Å²) in [5, 5.41) is 13.0. The molecule has 0 saturated heterocycles. The Morgan fingerprint density at radius 3 is 2.36 bits per heavy atom. The third-order valence-corrected chi connectivity index (χ3v) is 4.90. The molecule has 2 rings (SSSR count). The second kappa shape index (κ2) is 7.14. The smallest absolute Gasteiger partial charge is 0.310 e. The largest absolute Gasteiger partial charge is 0.481 e. The van der Waals surface area contributed by atoms with Crippen LogP contribution in [0.4, 0.5) is 5.69 Å². The van der Waals surface area contributed by atoms with E-state index in [1.54, 1.807) is 31.2 Å². The number of benzene rings is 1. The molecule has 1 atom stereocenters. The monoisotopic (exact) mass is 323 g/mol. The van der Waals surface area contributed by atoms with E-state index < -0.39 is 11.4 Å². The SMILES string of the molecule is C[C@](CC(=O)Nc1ccc(Cl)cc1)(C(=O)O)C1CCCCC1. The Labute approximate surface area is 135 Å². The van der Waals surface area contributed by atoms with Gasteiger partial charge in [-0.2, -0.15) is 0 Å². The van der Waals surface area contributed by atoms with Crippen molar-refractivity contribution in [2.75, 3.05) is 5.32 Å². The second-order valence-corrected chi connectivity index (χ2v) is 6.73. The molecule has 0 aliphatic heterocycles. The van der Waals surface area contributed by atoms with Crippen molar-refractivity contribution < 1.29 is 14.7 Å². The number of nitrogens with one attached hydrogen (secondary N) is 1. The molecule has 1 aromatic rings. The molecule has 1 amide bonds. The van der Waals surface area contributed by atoms with E-state index in [9.17, 15) is 14.7 Å². The molecule has 0 radical (unpaired) electrons. The van der Waals surface area contributed by atoms with Gasteiger partial charge in [0.2, 0.25) is 5.91 Å². The van der Waals surface area contributed by atoms with Gasteiger partial charge in [0.25, 0.3) is 0 Å². The molecular formula is C17H22ClNO3. The summed E-state index contributed by atoms with van der Waals surface area (Å²) >= 11 is 5.81. The first-order chi connectivity index (χ1) is 10.4. The highest BCUT2D eigenvalue weighted by atomic mass is 35.5. The molecule has 0 heterocycles. The number of carbonyl (C=O) groups excluding carboxylic acids is 1. The van der Waals surface area contributed by atoms with Gasteiger partial charge in [-0.3, -0.25) is 9.59 Å². The molecule has 4 nitrogen and oxygen atoms in total. The fraction of sp³-hybridized carbons (Fsp3) is 0.529. The van der Waals surface area contributed by atoms with Gasteiger partial charge in [-0.25, -0.2) is 0 Å². The van der Waals surface area contributed by atoms with Crippen LogP contribution >= 0.6 is 11.6 Å². The van der Waals surface area contributed by atoms with E-state index in [-0.39, 0.29) is 18.2 Å². The first kappa shape index (κ1) is 16.8. The molecule has 1 aliphatic rings. The first-order valence-electron chi connectivity index (χ1n) is 7.70. The summed E-state index contributed by atoms with van der Waals surface area (Å²) in [5.41, 5.74) is -0.373. The quantitative estimate of drug-likeness (QED) is 0.847. The van der Waals surface area contributed by atoms with Gasteiger partial charge in [0.15, 0.2) is 0 Å². The van der Waals surface area contributed by atoms with E-state index in [0.29, 0.717) is 10.7 Å². The molecule has 0 bridgehead atoms. The second-order valence-electron chi connectivity index (χ2n) is 6.29. The van der Waals surface area contributed by atoms with Crippen LogP contribution in [-0.4, -0.2) is 17.0 Å². The van der Waals surface area contributed by atoms with Crippen LogP contribution in [-0.2, 0) is 9.59 Å². The van der Waals surface area contributed by atoms with Crippen LogP contribution in [0.25, 0.3) is 0 Å². The third kappa shape index (κ3) is 4.01. The van der Waals surface area contributed by atoms with Gasteiger partial charge in [0.1, 0.15) is 0 Å². The normalized spacial score (nSPS) is 18.5. The standard InChI is InChI=1S/C17H22ClNO3/c1-17(16(21)22,12-5-3-2-4-6-12)11-15(20)19-14-9-7-13(18)8-10-14/h7-10,12H,2-6,11H2,1H3,(H,19,20)(H,21,22)/t17-/m1/s1. The van der Waals surface area contributed by atoms with Gasteiger partial charge < -0.3 is 10.4 Å². The Bertz CT molecular complexity index is 537. The van der Waals surface area contributed by atoms with Crippen molar-refractivity contribution in [3.05, 3.63) is 29.3 Å². The molecule has 0 spiro atoms. The van der Waals surface area contributed by atoms with Gasteiger partial charge in [-0.1, -0.05) is 30.9 Å². The lowest BCUT2D eigenvalue weighted by atomic mass is 9.68. The molecule has 2 N–H and O–H groups in total. The van der Waals surface area contributed by atoms with Crippen LogP contribution in [0.5, 0.6) is 0 Å². The molecule has 1 fully saturated rings. The van der Waals surface area contributed by atoms with Crippen molar-refractivity contribution in [1.29, 1.82) is 0 Å². The van der Waals surface area contributed by atoms with Crippen molar-refractivity contribution >= 4 is 29.2 Å². The van der Waals surface area contributed by atoms with Gasteiger partial charge >= 0.3 is 5.97 Å². The maximum absolute atomic E-state index is 12.3. The Morgan fingerprint density at radius 2 is 1.82 bits per heavy atom. The van der Waals surface area contributed by atoms with Crippen molar-refractivity contribution in [3.63, 3.8) is 0 Å². The number of hydrogen-bond donors (Lipinski definition) is 2. The molecule has 1 aliphatic carbocycles. The van der Waals surface area contributed by atoms with Crippen LogP contribution < -0.4 is 5.32 Å². The Kier molecular flexibility index (Phi) is 5.46. The number of hydrogen-bond acceptors (Lipinski definition) is 2. The van der Waals surface area contributed by atoms with Gasteiger partial charge in [-0.15, -0.1) is 0 Å². The summed E-state index contributed by atoms with van der Waals surface area (Å²) in [6, 6.07) is 6.79. The molecular weight excluding hydrogens is 302 g/mol. The molecule has 0 aromatic heterocycles. The van der Waals surface area contributed by atoms with E-state index in [2.05, 4.69) is 5.32 Å². The lowest BCUT2D eigenvalue weighted by Crippen LogP contribution is -2.40. The van der Waals surface area contributed by atoms with Gasteiger partial charge in [-0.05, 0) is 49.9 Å². The predicted octanol–water partition coefficient (Wildman–Crippen LogP) is 4.34. The molecule has 1 aromatic carbocycles. The number of anilines is 1. The minimum atomic E-state index is -1.00. The highest BCUT2D eigenvalue weighted by molar-refractivity contribution is 6.30. The number of amides is 1. The van der Waals surface area contributed by atoms with Gasteiger partial charge in [0.05, 0.1) is 5.41 Å². The number of carboxylic acids is 1. The topological polar surface area (TPSA) is 66.4 Å². The number of rotatable bonds is 5. The van der Waals surface area contributed by atoms with Crippen LogP contribution in [0, 0.1) is 11.3 Å². The lowest BCUT2D eigenvalue weighted by Gasteiger charge is -2.36. The summed E-state index contributed by atoms with van der Waals surface area (Å²) in [6.45, 7) is 1.70. The Balaban J connectivity index is 2.05. The fourth-order valence-corrected chi connectivity index (χ4v) is 3.33. The van der Waals surface area contributed by atoms with Crippen LogP contribution in [0.1, 0.15) is 45.4 Å². The predicted molar refractivity (Wildman–Crippen MR) is 87.0 cm³/mol. The lowest BCUT2D eigenvalue weighted by molar-refractivity contribution is -0.154. The number of carboxylic acid groups (broad SMARTS) is 1. The van der Waals surface area contributed by atoms with E-state index in [1.807, 2.05) is 0 Å². The van der Waals surface area contributed by atoms with Gasteiger partial charge in [0, 0.05) is 17.1 Å². The molecule has 5 heteroatoms. The van der Waals surface area contributed by atoms with E-state index in [1.165, 1.54) is 0 Å². The Hall–Kier alpha value is -1.55. The molecule has 1 saturated carbocycles. The van der Waals surface area contributed by atoms with E-state index in [4.69, 9.17) is 11.6 Å². The maximum Gasteiger partial charge on any atom is 0.310 e.